The van der Waals surface area contributed by atoms with Crippen LogP contribution in [0.3, 0.4) is 0 Å². The van der Waals surface area contributed by atoms with E-state index in [0.717, 1.165) is 11.3 Å². The number of nitrogens with two attached hydrogens (primary N) is 1. The van der Waals surface area contributed by atoms with Crippen LogP contribution in [0.25, 0.3) is 28.4 Å². The van der Waals surface area contributed by atoms with Crippen LogP contribution < -0.4 is 10.6 Å². The number of amides is 1. The number of nitrogens with zero attached hydrogens (tertiary/aromatic N) is 7. The molecule has 1 aliphatic rings. The molecule has 4 aromatic rings. The van der Waals surface area contributed by atoms with Crippen molar-refractivity contribution >= 4 is 17.4 Å². The van der Waals surface area contributed by atoms with Crippen LogP contribution in [0.15, 0.2) is 54.3 Å². The molecule has 1 amide bonds. The van der Waals surface area contributed by atoms with Gasteiger partial charge in [0.1, 0.15) is 5.82 Å². The first kappa shape index (κ1) is 19.7. The van der Waals surface area contributed by atoms with Gasteiger partial charge in [-0.15, -0.1) is 5.10 Å². The molecule has 1 aliphatic heterocycles. The van der Waals surface area contributed by atoms with Gasteiger partial charge < -0.3 is 15.4 Å². The SMILES string of the molecule is CC1=C(C(N)=O)OC(C)N1c1ccc(F)c(-c2nc3ncc(-c4ccnn4C)cn3n2)c1. The van der Waals surface area contributed by atoms with E-state index >= 15 is 0 Å². The lowest BCUT2D eigenvalue weighted by atomic mass is 10.1. The monoisotopic (exact) mass is 434 g/mol. The molecular formula is C21H19FN8O2. The third-order valence-corrected chi connectivity index (χ3v) is 5.35. The van der Waals surface area contributed by atoms with Gasteiger partial charge in [0.25, 0.3) is 11.7 Å². The van der Waals surface area contributed by atoms with Gasteiger partial charge in [-0.25, -0.2) is 13.9 Å². The molecule has 3 aromatic heterocycles. The first-order chi connectivity index (χ1) is 15.3. The average molecular weight is 434 g/mol. The van der Waals surface area contributed by atoms with Crippen molar-refractivity contribution in [2.24, 2.45) is 12.8 Å². The van der Waals surface area contributed by atoms with Crippen LogP contribution in [0.4, 0.5) is 10.1 Å². The Morgan fingerprint density at radius 3 is 2.78 bits per heavy atom. The fourth-order valence-corrected chi connectivity index (χ4v) is 3.85. The summed E-state index contributed by atoms with van der Waals surface area (Å²) in [7, 11) is 1.83. The smallest absolute Gasteiger partial charge is 0.285 e. The third kappa shape index (κ3) is 3.06. The molecule has 10 nitrogen and oxygen atoms in total. The fourth-order valence-electron chi connectivity index (χ4n) is 3.85. The number of aromatic nitrogens is 6. The molecule has 0 aliphatic carbocycles. The van der Waals surface area contributed by atoms with Gasteiger partial charge in [0, 0.05) is 36.9 Å². The molecule has 4 heterocycles. The van der Waals surface area contributed by atoms with E-state index in [0.29, 0.717) is 17.2 Å². The summed E-state index contributed by atoms with van der Waals surface area (Å²) >= 11 is 0. The molecular weight excluding hydrogens is 415 g/mol. The maximum atomic E-state index is 14.8. The van der Waals surface area contributed by atoms with Crippen molar-refractivity contribution in [2.45, 2.75) is 20.1 Å². The molecule has 0 spiro atoms. The number of hydrogen-bond donors (Lipinski definition) is 1. The molecule has 1 atom stereocenters. The third-order valence-electron chi connectivity index (χ3n) is 5.35. The summed E-state index contributed by atoms with van der Waals surface area (Å²) in [5, 5.41) is 8.59. The first-order valence-corrected chi connectivity index (χ1v) is 9.81. The lowest BCUT2D eigenvalue weighted by Gasteiger charge is -2.24. The molecule has 2 N–H and O–H groups in total. The van der Waals surface area contributed by atoms with Gasteiger partial charge >= 0.3 is 0 Å². The van der Waals surface area contributed by atoms with Crippen molar-refractivity contribution in [2.75, 3.05) is 4.90 Å². The van der Waals surface area contributed by atoms with Gasteiger partial charge in [0.15, 0.2) is 12.1 Å². The number of rotatable bonds is 4. The second kappa shape index (κ2) is 7.15. The van der Waals surface area contributed by atoms with E-state index in [-0.39, 0.29) is 17.1 Å². The topological polar surface area (TPSA) is 116 Å². The lowest BCUT2D eigenvalue weighted by molar-refractivity contribution is -0.118. The number of carbonyl (C=O) groups is 1. The van der Waals surface area contributed by atoms with Gasteiger partial charge in [-0.2, -0.15) is 10.1 Å². The number of anilines is 1. The zero-order valence-electron chi connectivity index (χ0n) is 17.5. The van der Waals surface area contributed by atoms with Crippen LogP contribution in [0.1, 0.15) is 13.8 Å². The Kier molecular flexibility index (Phi) is 4.40. The minimum atomic E-state index is -0.656. The Balaban J connectivity index is 1.57. The van der Waals surface area contributed by atoms with Crippen molar-refractivity contribution in [1.29, 1.82) is 0 Å². The highest BCUT2D eigenvalue weighted by molar-refractivity contribution is 5.92. The fraction of sp³-hybridized carbons (Fsp3) is 0.190. The number of hydrogen-bond acceptors (Lipinski definition) is 7. The van der Waals surface area contributed by atoms with E-state index < -0.39 is 18.0 Å². The predicted molar refractivity (Wildman–Crippen MR) is 113 cm³/mol. The van der Waals surface area contributed by atoms with Crippen LogP contribution in [0.2, 0.25) is 0 Å². The highest BCUT2D eigenvalue weighted by atomic mass is 19.1. The van der Waals surface area contributed by atoms with Crippen LogP contribution in [0.5, 0.6) is 0 Å². The Morgan fingerprint density at radius 2 is 2.09 bits per heavy atom. The number of primary amides is 1. The largest absolute Gasteiger partial charge is 0.463 e. The minimum Gasteiger partial charge on any atom is -0.463 e. The normalized spacial score (nSPS) is 16.1. The summed E-state index contributed by atoms with van der Waals surface area (Å²) in [6.07, 6.45) is 4.64. The number of halogens is 1. The van der Waals surface area contributed by atoms with E-state index in [1.807, 2.05) is 13.1 Å². The number of fused-ring (bicyclic) bond motifs is 1. The van der Waals surface area contributed by atoms with Gasteiger partial charge in [-0.3, -0.25) is 9.48 Å². The molecule has 162 valence electrons. The highest BCUT2D eigenvalue weighted by Gasteiger charge is 2.32. The predicted octanol–water partition coefficient (Wildman–Crippen LogP) is 2.23. The van der Waals surface area contributed by atoms with E-state index in [4.69, 9.17) is 10.5 Å². The zero-order chi connectivity index (χ0) is 22.6. The minimum absolute atomic E-state index is 0.0844. The molecule has 0 saturated heterocycles. The summed E-state index contributed by atoms with van der Waals surface area (Å²) in [6.45, 7) is 3.50. The Bertz CT molecular complexity index is 1410. The first-order valence-electron chi connectivity index (χ1n) is 9.81. The number of ether oxygens (including phenoxy) is 1. The van der Waals surface area contributed by atoms with Crippen LogP contribution in [-0.4, -0.2) is 41.5 Å². The van der Waals surface area contributed by atoms with Crippen LogP contribution >= 0.6 is 0 Å². The highest BCUT2D eigenvalue weighted by Crippen LogP contribution is 2.34. The van der Waals surface area contributed by atoms with Gasteiger partial charge in [0.2, 0.25) is 5.76 Å². The molecule has 1 aromatic carbocycles. The number of allylic oxidation sites excluding steroid dienone is 1. The quantitative estimate of drug-likeness (QED) is 0.523. The summed E-state index contributed by atoms with van der Waals surface area (Å²) in [6, 6.07) is 6.40. The van der Waals surface area contributed by atoms with Crippen molar-refractivity contribution < 1.29 is 13.9 Å². The van der Waals surface area contributed by atoms with Crippen LogP contribution in [-0.2, 0) is 16.6 Å². The van der Waals surface area contributed by atoms with Gasteiger partial charge in [-0.1, -0.05) is 0 Å². The zero-order valence-corrected chi connectivity index (χ0v) is 17.5. The van der Waals surface area contributed by atoms with E-state index in [1.165, 1.54) is 10.6 Å². The summed E-state index contributed by atoms with van der Waals surface area (Å²) in [4.78, 5) is 22.1. The van der Waals surface area contributed by atoms with Crippen molar-refractivity contribution in [3.05, 3.63) is 60.1 Å². The Hall–Kier alpha value is -4.28. The maximum Gasteiger partial charge on any atom is 0.285 e. The van der Waals surface area contributed by atoms with Gasteiger partial charge in [0.05, 0.1) is 17.0 Å². The second-order valence-electron chi connectivity index (χ2n) is 7.39. The van der Waals surface area contributed by atoms with Crippen molar-refractivity contribution in [3.63, 3.8) is 0 Å². The Labute approximate surface area is 181 Å². The second-order valence-corrected chi connectivity index (χ2v) is 7.39. The van der Waals surface area contributed by atoms with Crippen molar-refractivity contribution in [3.8, 4) is 22.6 Å². The number of aryl methyl sites for hydroxylation is 1. The number of benzene rings is 1. The number of carbonyl (C=O) groups excluding carboxylic acids is 1. The molecule has 32 heavy (non-hydrogen) atoms. The molecule has 11 heteroatoms. The van der Waals surface area contributed by atoms with E-state index in [1.54, 1.807) is 54.2 Å². The van der Waals surface area contributed by atoms with Crippen molar-refractivity contribution in [1.82, 2.24) is 29.4 Å². The molecule has 0 radical (unpaired) electrons. The standard InChI is InChI=1S/C21H19FN8O2/c1-11-18(19(23)31)32-12(2)30(11)14-4-5-16(22)15(8-14)20-26-21-24-9-13(10-29(21)27-20)17-6-7-25-28(17)3/h4-10,12H,1-3H3,(H2,23,31). The maximum absolute atomic E-state index is 14.8. The summed E-state index contributed by atoms with van der Waals surface area (Å²) in [5.41, 5.74) is 8.41. The molecule has 0 saturated carbocycles. The molecule has 0 fully saturated rings. The average Bonchev–Trinajstić information content (AvgIpc) is 3.45. The molecule has 5 rings (SSSR count). The summed E-state index contributed by atoms with van der Waals surface area (Å²) < 4.78 is 23.6. The van der Waals surface area contributed by atoms with E-state index in [2.05, 4.69) is 20.2 Å². The summed E-state index contributed by atoms with van der Waals surface area (Å²) in [5.74, 6) is -0.539. The Morgan fingerprint density at radius 1 is 1.28 bits per heavy atom. The lowest BCUT2D eigenvalue weighted by Crippen LogP contribution is -2.27. The molecule has 0 bridgehead atoms. The van der Waals surface area contributed by atoms with Gasteiger partial charge in [-0.05, 0) is 38.1 Å². The van der Waals surface area contributed by atoms with Crippen LogP contribution in [0, 0.1) is 5.82 Å². The van der Waals surface area contributed by atoms with E-state index in [9.17, 15) is 9.18 Å². The molecule has 1 unspecified atom stereocenters.